The highest BCUT2D eigenvalue weighted by molar-refractivity contribution is 5.95. The van der Waals surface area contributed by atoms with Gasteiger partial charge >= 0.3 is 5.97 Å². The van der Waals surface area contributed by atoms with E-state index in [2.05, 4.69) is 0 Å². The summed E-state index contributed by atoms with van der Waals surface area (Å²) in [6.45, 7) is 1.95. The highest BCUT2D eigenvalue weighted by Gasteiger charge is 2.40. The third-order valence-electron chi connectivity index (χ3n) is 4.80. The van der Waals surface area contributed by atoms with Gasteiger partial charge in [-0.05, 0) is 18.6 Å². The van der Waals surface area contributed by atoms with Crippen molar-refractivity contribution >= 4 is 17.6 Å². The Morgan fingerprint density at radius 3 is 2.46 bits per heavy atom. The Bertz CT molecular complexity index is 865. The van der Waals surface area contributed by atoms with Gasteiger partial charge in [-0.15, -0.1) is 0 Å². The number of amides is 1. The molecule has 2 aromatic carbocycles. The van der Waals surface area contributed by atoms with Crippen LogP contribution in [0.25, 0.3) is 0 Å². The molecule has 3 rings (SSSR count). The number of benzene rings is 2. The smallest absolute Gasteiger partial charge is 0.308 e. The molecule has 1 saturated heterocycles. The number of hydrogen-bond donors (Lipinski definition) is 1. The molecule has 0 aliphatic carbocycles. The van der Waals surface area contributed by atoms with Crippen LogP contribution in [0.1, 0.15) is 27.4 Å². The van der Waals surface area contributed by atoms with Crippen LogP contribution in [0.4, 0.5) is 5.69 Å². The molecule has 0 unspecified atom stereocenters. The number of rotatable bonds is 4. The molecule has 2 aromatic rings. The van der Waals surface area contributed by atoms with E-state index >= 15 is 0 Å². The first kappa shape index (κ1) is 17.6. The summed E-state index contributed by atoms with van der Waals surface area (Å²) < 4.78 is 0. The van der Waals surface area contributed by atoms with Crippen LogP contribution in [0.5, 0.6) is 0 Å². The first-order valence-electron chi connectivity index (χ1n) is 8.20. The molecule has 1 aliphatic rings. The van der Waals surface area contributed by atoms with Crippen molar-refractivity contribution in [2.75, 3.05) is 13.1 Å². The lowest BCUT2D eigenvalue weighted by atomic mass is 9.89. The zero-order valence-electron chi connectivity index (χ0n) is 14.2. The van der Waals surface area contributed by atoms with Crippen molar-refractivity contribution in [2.24, 2.45) is 5.92 Å². The average Bonchev–Trinajstić information content (AvgIpc) is 3.07. The molecule has 0 aromatic heterocycles. The minimum absolute atomic E-state index is 0.0788. The number of hydrogen-bond acceptors (Lipinski definition) is 4. The average molecular weight is 354 g/mol. The number of carbonyl (C=O) groups excluding carboxylic acids is 1. The van der Waals surface area contributed by atoms with E-state index in [4.69, 9.17) is 0 Å². The molecule has 7 heteroatoms. The van der Waals surface area contributed by atoms with Crippen LogP contribution in [0.15, 0.2) is 48.5 Å². The highest BCUT2D eigenvalue weighted by Crippen LogP contribution is 2.34. The number of nitro benzene ring substituents is 1. The molecule has 7 nitrogen and oxygen atoms in total. The van der Waals surface area contributed by atoms with Crippen LogP contribution >= 0.6 is 0 Å². The molecule has 0 saturated carbocycles. The Balaban J connectivity index is 1.88. The number of nitrogens with zero attached hydrogens (tertiary/aromatic N) is 2. The molecule has 0 radical (unpaired) electrons. The third-order valence-corrected chi connectivity index (χ3v) is 4.80. The summed E-state index contributed by atoms with van der Waals surface area (Å²) in [5.41, 5.74) is 1.41. The quantitative estimate of drug-likeness (QED) is 0.672. The SMILES string of the molecule is Cc1ccc(C(=O)N2C[C@H](C(=O)O)[C@H](c3ccccc3)C2)cc1[N+](=O)[O-]. The summed E-state index contributed by atoms with van der Waals surface area (Å²) in [5, 5.41) is 20.6. The number of carboxylic acid groups (broad SMARTS) is 1. The van der Waals surface area contributed by atoms with Crippen LogP contribution in [0, 0.1) is 23.0 Å². The Labute approximate surface area is 150 Å². The van der Waals surface area contributed by atoms with Crippen LogP contribution in [0.2, 0.25) is 0 Å². The predicted molar refractivity (Wildman–Crippen MR) is 94.0 cm³/mol. The predicted octanol–water partition coefficient (Wildman–Crippen LogP) is 2.84. The highest BCUT2D eigenvalue weighted by atomic mass is 16.6. The molecule has 1 N–H and O–H groups in total. The first-order chi connectivity index (χ1) is 12.4. The van der Waals surface area contributed by atoms with Crippen LogP contribution in [-0.4, -0.2) is 39.9 Å². The summed E-state index contributed by atoms with van der Waals surface area (Å²) >= 11 is 0. The Morgan fingerprint density at radius 2 is 1.85 bits per heavy atom. The molecular formula is C19H18N2O5. The van der Waals surface area contributed by atoms with Gasteiger partial charge in [0, 0.05) is 36.2 Å². The normalized spacial score (nSPS) is 19.3. The number of likely N-dealkylation sites (tertiary alicyclic amines) is 1. The summed E-state index contributed by atoms with van der Waals surface area (Å²) in [7, 11) is 0. The Kier molecular flexibility index (Phi) is 4.71. The maximum atomic E-state index is 12.8. The van der Waals surface area contributed by atoms with Gasteiger partial charge in [0.15, 0.2) is 0 Å². The second-order valence-corrected chi connectivity index (χ2v) is 6.43. The van der Waals surface area contributed by atoms with Crippen molar-refractivity contribution in [1.29, 1.82) is 0 Å². The minimum Gasteiger partial charge on any atom is -0.481 e. The van der Waals surface area contributed by atoms with Crippen LogP contribution < -0.4 is 0 Å². The molecule has 1 fully saturated rings. The number of carbonyl (C=O) groups is 2. The van der Waals surface area contributed by atoms with Crippen molar-refractivity contribution in [2.45, 2.75) is 12.8 Å². The van der Waals surface area contributed by atoms with E-state index in [1.807, 2.05) is 30.3 Å². The number of aliphatic carboxylic acids is 1. The minimum atomic E-state index is -0.955. The van der Waals surface area contributed by atoms with Crippen LogP contribution in [0.3, 0.4) is 0 Å². The fraction of sp³-hybridized carbons (Fsp3) is 0.263. The zero-order valence-corrected chi connectivity index (χ0v) is 14.2. The fourth-order valence-electron chi connectivity index (χ4n) is 3.38. The summed E-state index contributed by atoms with van der Waals surface area (Å²) in [4.78, 5) is 36.5. The lowest BCUT2D eigenvalue weighted by Crippen LogP contribution is -2.30. The first-order valence-corrected chi connectivity index (χ1v) is 8.20. The van der Waals surface area contributed by atoms with Gasteiger partial charge in [0.25, 0.3) is 11.6 Å². The largest absolute Gasteiger partial charge is 0.481 e. The third kappa shape index (κ3) is 3.28. The van der Waals surface area contributed by atoms with E-state index in [0.29, 0.717) is 5.56 Å². The van der Waals surface area contributed by atoms with E-state index in [0.717, 1.165) is 5.56 Å². The van der Waals surface area contributed by atoms with Gasteiger partial charge in [0.05, 0.1) is 10.8 Å². The molecular weight excluding hydrogens is 336 g/mol. The number of aryl methyl sites for hydroxylation is 1. The second-order valence-electron chi connectivity index (χ2n) is 6.43. The van der Waals surface area contributed by atoms with Crippen molar-refractivity contribution in [3.8, 4) is 0 Å². The van der Waals surface area contributed by atoms with E-state index in [-0.39, 0.29) is 30.3 Å². The molecule has 26 heavy (non-hydrogen) atoms. The second kappa shape index (κ2) is 6.95. The van der Waals surface area contributed by atoms with E-state index in [1.54, 1.807) is 6.92 Å². The molecule has 0 spiro atoms. The van der Waals surface area contributed by atoms with E-state index in [9.17, 15) is 24.8 Å². The van der Waals surface area contributed by atoms with Gasteiger partial charge in [0.2, 0.25) is 0 Å². The summed E-state index contributed by atoms with van der Waals surface area (Å²) in [5.74, 6) is -2.36. The lowest BCUT2D eigenvalue weighted by molar-refractivity contribution is -0.385. The van der Waals surface area contributed by atoms with Crippen molar-refractivity contribution in [3.63, 3.8) is 0 Å². The van der Waals surface area contributed by atoms with Gasteiger partial charge in [-0.2, -0.15) is 0 Å². The van der Waals surface area contributed by atoms with Gasteiger partial charge < -0.3 is 10.0 Å². The van der Waals surface area contributed by atoms with Gasteiger partial charge in [-0.25, -0.2) is 0 Å². The topological polar surface area (TPSA) is 101 Å². The number of carboxylic acids is 1. The Morgan fingerprint density at radius 1 is 1.15 bits per heavy atom. The zero-order chi connectivity index (χ0) is 18.8. The van der Waals surface area contributed by atoms with Crippen molar-refractivity contribution < 1.29 is 19.6 Å². The summed E-state index contributed by atoms with van der Waals surface area (Å²) in [6.07, 6.45) is 0. The van der Waals surface area contributed by atoms with Crippen LogP contribution in [-0.2, 0) is 4.79 Å². The molecule has 2 atom stereocenters. The van der Waals surface area contributed by atoms with Gasteiger partial charge in [-0.1, -0.05) is 36.4 Å². The molecule has 1 amide bonds. The maximum absolute atomic E-state index is 12.8. The lowest BCUT2D eigenvalue weighted by Gasteiger charge is -2.16. The standard InChI is InChI=1S/C19H18N2O5/c1-12-7-8-14(9-17(12)21(25)26)18(22)20-10-15(16(11-20)19(23)24)13-5-3-2-4-6-13/h2-9,15-16H,10-11H2,1H3,(H,23,24)/t15-,16-/m0/s1. The van der Waals surface area contributed by atoms with Crippen molar-refractivity contribution in [1.82, 2.24) is 4.90 Å². The number of nitro groups is 1. The maximum Gasteiger partial charge on any atom is 0.308 e. The molecule has 0 bridgehead atoms. The van der Waals surface area contributed by atoms with Crippen molar-refractivity contribution in [3.05, 3.63) is 75.3 Å². The molecule has 1 aliphatic heterocycles. The molecule has 1 heterocycles. The molecule has 134 valence electrons. The summed E-state index contributed by atoms with van der Waals surface area (Å²) in [6, 6.07) is 13.5. The van der Waals surface area contributed by atoms with E-state index in [1.165, 1.54) is 23.1 Å². The monoisotopic (exact) mass is 354 g/mol. The Hall–Kier alpha value is -3.22. The van der Waals surface area contributed by atoms with Gasteiger partial charge in [0.1, 0.15) is 0 Å². The van der Waals surface area contributed by atoms with E-state index < -0.39 is 22.7 Å². The fourth-order valence-corrected chi connectivity index (χ4v) is 3.38. The van der Waals surface area contributed by atoms with Gasteiger partial charge in [-0.3, -0.25) is 19.7 Å².